The lowest BCUT2D eigenvalue weighted by Crippen LogP contribution is -2.51. The number of imide groups is 2. The summed E-state index contributed by atoms with van der Waals surface area (Å²) in [6, 6.07) is 7.58. The number of carbonyl (C=O) groups excluding carboxylic acids is 5. The number of fused-ring (bicyclic) bond motifs is 2. The molecule has 4 saturated heterocycles. The number of amides is 5. The molecule has 2 spiro atoms. The van der Waals surface area contributed by atoms with Crippen LogP contribution >= 0.6 is 34.8 Å². The van der Waals surface area contributed by atoms with Gasteiger partial charge in [-0.2, -0.15) is 10.5 Å². The van der Waals surface area contributed by atoms with Crippen molar-refractivity contribution in [1.29, 1.82) is 10.5 Å². The van der Waals surface area contributed by atoms with Crippen LogP contribution in [0.4, 0.5) is 14.4 Å². The first-order valence-corrected chi connectivity index (χ1v) is 22.4. The number of carbonyl (C=O) groups is 5. The Morgan fingerprint density at radius 2 is 1.17 bits per heavy atom. The molecule has 4 fully saturated rings. The van der Waals surface area contributed by atoms with Gasteiger partial charge in [0.05, 0.1) is 13.1 Å². The largest absolute Gasteiger partial charge is 0.445 e. The predicted octanol–water partition coefficient (Wildman–Crippen LogP) is 6.12. The first-order valence-electron chi connectivity index (χ1n) is 21.2. The molecule has 66 heavy (non-hydrogen) atoms. The molecule has 0 aromatic carbocycles. The molecule has 4 aromatic rings. The van der Waals surface area contributed by atoms with Gasteiger partial charge in [0.1, 0.15) is 30.0 Å². The van der Waals surface area contributed by atoms with Crippen molar-refractivity contribution >= 4 is 87.0 Å². The standard InChI is InChI=1S/C23H25Cl3N6O5.C20H24N6O3/c1-21(2,3)12-32-15(8-14-10-28-16(9-27)29-17(14)32)11-31-18(33)22(37-20(31)35)4-6-30(7-5-22)19(34)36-13-23(24,25)26;1-19(2,3)12-26-14(8-13-10-23-15(9-21)24-16(13)26)11-25-17(27)20(29-18(25)28)4-6-22-7-5-20/h8,10H,4-7,11-13H2,1-3H3;8,10,22H,4-7,11-12H2,1-3H3. The van der Waals surface area contributed by atoms with E-state index in [1.54, 1.807) is 18.5 Å². The van der Waals surface area contributed by atoms with E-state index in [-0.39, 0.29) is 67.4 Å². The highest BCUT2D eigenvalue weighted by atomic mass is 35.6. The lowest BCUT2D eigenvalue weighted by molar-refractivity contribution is -0.140. The van der Waals surface area contributed by atoms with Crippen molar-refractivity contribution in [3.63, 3.8) is 0 Å². The summed E-state index contributed by atoms with van der Waals surface area (Å²) < 4.78 is 18.3. The molecular formula is C43H49Cl3N12O8. The average Bonchev–Trinajstić information content (AvgIpc) is 3.90. The van der Waals surface area contributed by atoms with Gasteiger partial charge in [0.25, 0.3) is 11.8 Å². The quantitative estimate of drug-likeness (QED) is 0.162. The van der Waals surface area contributed by atoms with E-state index in [4.69, 9.17) is 54.3 Å². The van der Waals surface area contributed by atoms with Crippen LogP contribution in [0.2, 0.25) is 0 Å². The maximum atomic E-state index is 13.5. The Balaban J connectivity index is 0.000000202. The molecule has 23 heteroatoms. The van der Waals surface area contributed by atoms with Gasteiger partial charge in [0.2, 0.25) is 15.4 Å². The fourth-order valence-corrected chi connectivity index (χ4v) is 8.56. The molecular weight excluding hydrogens is 919 g/mol. The van der Waals surface area contributed by atoms with Crippen molar-refractivity contribution in [3.8, 4) is 12.1 Å². The maximum absolute atomic E-state index is 13.5. The number of hydrogen-bond acceptors (Lipinski definition) is 15. The van der Waals surface area contributed by atoms with Gasteiger partial charge in [-0.15, -0.1) is 0 Å². The molecule has 0 unspecified atom stereocenters. The van der Waals surface area contributed by atoms with E-state index < -0.39 is 45.8 Å². The topological polar surface area (TPSA) is 244 Å². The molecule has 4 aliphatic heterocycles. The van der Waals surface area contributed by atoms with Crippen LogP contribution in [0.15, 0.2) is 24.5 Å². The lowest BCUT2D eigenvalue weighted by Gasteiger charge is -2.35. The Bertz CT molecular complexity index is 2670. The maximum Gasteiger partial charge on any atom is 0.418 e. The first kappa shape index (κ1) is 48.1. The van der Waals surface area contributed by atoms with Gasteiger partial charge in [0, 0.05) is 86.4 Å². The van der Waals surface area contributed by atoms with E-state index >= 15 is 0 Å². The van der Waals surface area contributed by atoms with Gasteiger partial charge >= 0.3 is 18.3 Å². The molecule has 0 aliphatic carbocycles. The average molecular weight is 968 g/mol. The van der Waals surface area contributed by atoms with E-state index in [2.05, 4.69) is 46.0 Å². The molecule has 1 N–H and O–H groups in total. The van der Waals surface area contributed by atoms with Crippen molar-refractivity contribution in [2.75, 3.05) is 32.8 Å². The van der Waals surface area contributed by atoms with Crippen LogP contribution in [-0.4, -0.2) is 122 Å². The molecule has 0 saturated carbocycles. The Kier molecular flexibility index (Phi) is 13.2. The smallest absolute Gasteiger partial charge is 0.418 e. The fourth-order valence-electron chi connectivity index (χ4n) is 8.39. The van der Waals surface area contributed by atoms with Crippen molar-refractivity contribution in [1.82, 2.24) is 49.1 Å². The van der Waals surface area contributed by atoms with Crippen LogP contribution in [0.5, 0.6) is 0 Å². The van der Waals surface area contributed by atoms with Crippen molar-refractivity contribution in [2.24, 2.45) is 10.8 Å². The summed E-state index contributed by atoms with van der Waals surface area (Å²) in [7, 11) is 0. The summed E-state index contributed by atoms with van der Waals surface area (Å²) in [4.78, 5) is 84.6. The number of nitrogens with zero attached hydrogens (tertiary/aromatic N) is 11. The van der Waals surface area contributed by atoms with Crippen LogP contribution in [0.3, 0.4) is 0 Å². The van der Waals surface area contributed by atoms with Gasteiger partial charge in [-0.25, -0.2) is 44.1 Å². The van der Waals surface area contributed by atoms with Gasteiger partial charge in [0.15, 0.2) is 11.2 Å². The molecule has 4 aliphatic rings. The normalized spacial score (nSPS) is 18.4. The third-order valence-corrected chi connectivity index (χ3v) is 11.7. The van der Waals surface area contributed by atoms with E-state index in [0.29, 0.717) is 61.4 Å². The molecule has 8 heterocycles. The van der Waals surface area contributed by atoms with Crippen molar-refractivity contribution in [2.45, 2.75) is 108 Å². The summed E-state index contributed by atoms with van der Waals surface area (Å²) in [5.41, 5.74) is -0.0583. The summed E-state index contributed by atoms with van der Waals surface area (Å²) in [6.07, 6.45) is 2.29. The SMILES string of the molecule is CC(C)(C)Cn1c(CN2C(=O)OC3(CCN(C(=O)OCC(Cl)(Cl)Cl)CC3)C2=O)cc2cnc(C#N)nc21.CC(C)(C)Cn1c(CN2C(=O)OC3(CCNCC3)C2=O)cc2cnc(C#N)nc21. The Morgan fingerprint density at radius 1 is 0.742 bits per heavy atom. The van der Waals surface area contributed by atoms with Gasteiger partial charge in [-0.3, -0.25) is 9.59 Å². The minimum atomic E-state index is -1.73. The summed E-state index contributed by atoms with van der Waals surface area (Å²) in [5, 5.41) is 23.0. The Hall–Kier alpha value is -5.80. The number of piperidine rings is 2. The van der Waals surface area contributed by atoms with Crippen LogP contribution in [0.1, 0.15) is 90.3 Å². The third-order valence-electron chi connectivity index (χ3n) is 11.4. The monoisotopic (exact) mass is 966 g/mol. The number of aromatic nitrogens is 6. The number of nitrogens with one attached hydrogen (secondary N) is 1. The lowest BCUT2D eigenvalue weighted by atomic mass is 9.90. The predicted molar refractivity (Wildman–Crippen MR) is 237 cm³/mol. The number of ether oxygens (including phenoxy) is 3. The van der Waals surface area contributed by atoms with Gasteiger partial charge in [-0.05, 0) is 36.1 Å². The highest BCUT2D eigenvalue weighted by Gasteiger charge is 2.56. The van der Waals surface area contributed by atoms with Crippen LogP contribution in [-0.2, 0) is 50.0 Å². The molecule has 5 amide bonds. The second-order valence-electron chi connectivity index (χ2n) is 19.1. The van der Waals surface area contributed by atoms with Crippen molar-refractivity contribution < 1.29 is 38.2 Å². The van der Waals surface area contributed by atoms with Crippen molar-refractivity contribution in [3.05, 3.63) is 47.6 Å². The summed E-state index contributed by atoms with van der Waals surface area (Å²) in [5.74, 6) is -0.631. The highest BCUT2D eigenvalue weighted by molar-refractivity contribution is 6.67. The molecule has 4 aromatic heterocycles. The van der Waals surface area contributed by atoms with E-state index in [9.17, 15) is 29.2 Å². The number of rotatable bonds is 7. The molecule has 0 radical (unpaired) electrons. The molecule has 8 rings (SSSR count). The minimum absolute atomic E-state index is 0.0297. The summed E-state index contributed by atoms with van der Waals surface area (Å²) >= 11 is 16.9. The molecule has 0 bridgehead atoms. The Labute approximate surface area is 395 Å². The van der Waals surface area contributed by atoms with Crippen LogP contribution in [0.25, 0.3) is 22.1 Å². The molecule has 0 atom stereocenters. The zero-order valence-electron chi connectivity index (χ0n) is 37.3. The number of nitriles is 2. The minimum Gasteiger partial charge on any atom is -0.445 e. The fraction of sp³-hybridized carbons (Fsp3) is 0.558. The summed E-state index contributed by atoms with van der Waals surface area (Å²) in [6.45, 7) is 14.7. The highest BCUT2D eigenvalue weighted by Crippen LogP contribution is 2.38. The zero-order chi connectivity index (χ0) is 48.0. The van der Waals surface area contributed by atoms with Gasteiger partial charge < -0.3 is 33.6 Å². The number of hydrogen-bond donors (Lipinski definition) is 1. The Morgan fingerprint density at radius 3 is 1.56 bits per heavy atom. The number of alkyl halides is 3. The third kappa shape index (κ3) is 10.3. The zero-order valence-corrected chi connectivity index (χ0v) is 39.6. The first-order chi connectivity index (χ1) is 30.9. The second-order valence-corrected chi connectivity index (χ2v) is 21.7. The van der Waals surface area contributed by atoms with E-state index in [1.807, 2.05) is 48.1 Å². The molecule has 350 valence electrons. The van der Waals surface area contributed by atoms with Gasteiger partial charge in [-0.1, -0.05) is 76.3 Å². The number of halogens is 3. The second kappa shape index (κ2) is 18.1. The molecule has 20 nitrogen and oxygen atoms in total. The van der Waals surface area contributed by atoms with Crippen LogP contribution < -0.4 is 5.32 Å². The van der Waals surface area contributed by atoms with E-state index in [1.165, 1.54) is 9.80 Å². The van der Waals surface area contributed by atoms with Crippen LogP contribution in [0, 0.1) is 33.5 Å². The van der Waals surface area contributed by atoms with E-state index in [0.717, 1.165) is 16.0 Å². The number of likely N-dealkylation sites (tertiary alicyclic amines) is 1.